The minimum absolute atomic E-state index is 0.548. The highest BCUT2D eigenvalue weighted by Gasteiger charge is 2.09. The van der Waals surface area contributed by atoms with Crippen molar-refractivity contribution in [2.75, 3.05) is 5.32 Å². The number of aromatic nitrogens is 4. The monoisotopic (exact) mass is 313 g/mol. The molecule has 0 saturated heterocycles. The number of nitrogens with zero attached hydrogens (tertiary/aromatic N) is 4. The average Bonchev–Trinajstić information content (AvgIpc) is 3.13. The Labute approximate surface area is 139 Å². The molecule has 0 aliphatic heterocycles. The van der Waals surface area contributed by atoms with E-state index in [0.717, 1.165) is 22.9 Å². The predicted octanol–water partition coefficient (Wildman–Crippen LogP) is 4.07. The lowest BCUT2D eigenvalue weighted by Gasteiger charge is -2.09. The number of benzene rings is 2. The molecular formula is C19H15N5. The van der Waals surface area contributed by atoms with Gasteiger partial charge in [0.1, 0.15) is 11.6 Å². The van der Waals surface area contributed by atoms with Crippen molar-refractivity contribution in [1.29, 1.82) is 0 Å². The van der Waals surface area contributed by atoms with Crippen molar-refractivity contribution in [3.63, 3.8) is 0 Å². The summed E-state index contributed by atoms with van der Waals surface area (Å²) in [5.41, 5.74) is 1.99. The van der Waals surface area contributed by atoms with E-state index in [0.29, 0.717) is 5.95 Å². The number of anilines is 2. The van der Waals surface area contributed by atoms with Crippen LogP contribution in [0.25, 0.3) is 17.2 Å². The Morgan fingerprint density at radius 3 is 2.29 bits per heavy atom. The first-order valence-corrected chi connectivity index (χ1v) is 7.64. The van der Waals surface area contributed by atoms with Crippen LogP contribution in [0, 0.1) is 0 Å². The molecule has 0 aliphatic rings. The molecular weight excluding hydrogens is 298 g/mol. The Hall–Kier alpha value is -3.47. The van der Waals surface area contributed by atoms with Gasteiger partial charge in [-0.3, -0.25) is 4.57 Å². The zero-order valence-electron chi connectivity index (χ0n) is 12.9. The van der Waals surface area contributed by atoms with E-state index in [-0.39, 0.29) is 0 Å². The van der Waals surface area contributed by atoms with Gasteiger partial charge in [0.15, 0.2) is 0 Å². The highest BCUT2D eigenvalue weighted by molar-refractivity contribution is 5.58. The fraction of sp³-hybridized carbons (Fsp3) is 0. The molecule has 0 aliphatic carbocycles. The van der Waals surface area contributed by atoms with Crippen LogP contribution >= 0.6 is 0 Å². The van der Waals surface area contributed by atoms with Crippen LogP contribution in [-0.2, 0) is 0 Å². The molecule has 4 rings (SSSR count). The number of nitrogens with one attached hydrogen (secondary N) is 1. The zero-order valence-corrected chi connectivity index (χ0v) is 12.9. The summed E-state index contributed by atoms with van der Waals surface area (Å²) >= 11 is 0. The summed E-state index contributed by atoms with van der Waals surface area (Å²) in [7, 11) is 0. The first kappa shape index (κ1) is 14.1. The van der Waals surface area contributed by atoms with Crippen molar-refractivity contribution in [2.24, 2.45) is 0 Å². The second-order valence-corrected chi connectivity index (χ2v) is 5.22. The lowest BCUT2D eigenvalue weighted by atomic mass is 10.2. The highest BCUT2D eigenvalue weighted by atomic mass is 15.2. The molecule has 0 saturated carbocycles. The molecule has 116 valence electrons. The maximum Gasteiger partial charge on any atom is 0.229 e. The van der Waals surface area contributed by atoms with Gasteiger partial charge < -0.3 is 5.32 Å². The van der Waals surface area contributed by atoms with Crippen LogP contribution in [0.2, 0.25) is 0 Å². The minimum Gasteiger partial charge on any atom is -0.324 e. The first-order chi connectivity index (χ1) is 11.9. The largest absolute Gasteiger partial charge is 0.324 e. The molecule has 24 heavy (non-hydrogen) atoms. The van der Waals surface area contributed by atoms with Crippen LogP contribution in [0.5, 0.6) is 0 Å². The number of hydrogen-bond acceptors (Lipinski definition) is 4. The quantitative estimate of drug-likeness (QED) is 0.617. The molecule has 0 spiro atoms. The van der Waals surface area contributed by atoms with E-state index >= 15 is 0 Å². The molecule has 4 aromatic rings. The van der Waals surface area contributed by atoms with E-state index in [2.05, 4.69) is 20.3 Å². The topological polar surface area (TPSA) is 55.6 Å². The third kappa shape index (κ3) is 2.87. The predicted molar refractivity (Wildman–Crippen MR) is 94.3 cm³/mol. The van der Waals surface area contributed by atoms with E-state index < -0.39 is 0 Å². The number of imidazole rings is 1. The van der Waals surface area contributed by atoms with E-state index in [1.807, 2.05) is 77.5 Å². The van der Waals surface area contributed by atoms with Gasteiger partial charge in [0.25, 0.3) is 0 Å². The second kappa shape index (κ2) is 6.34. The van der Waals surface area contributed by atoms with Gasteiger partial charge >= 0.3 is 0 Å². The Morgan fingerprint density at radius 2 is 1.50 bits per heavy atom. The number of hydrogen-bond donors (Lipinski definition) is 1. The normalized spacial score (nSPS) is 10.5. The fourth-order valence-corrected chi connectivity index (χ4v) is 2.48. The van der Waals surface area contributed by atoms with Gasteiger partial charge in [0, 0.05) is 29.8 Å². The van der Waals surface area contributed by atoms with E-state index in [9.17, 15) is 0 Å². The Balaban J connectivity index is 1.69. The molecule has 0 radical (unpaired) electrons. The van der Waals surface area contributed by atoms with Crippen LogP contribution in [0.3, 0.4) is 0 Å². The molecule has 0 bridgehead atoms. The molecule has 2 aromatic heterocycles. The summed E-state index contributed by atoms with van der Waals surface area (Å²) in [6.45, 7) is 0. The van der Waals surface area contributed by atoms with Gasteiger partial charge in [-0.15, -0.1) is 0 Å². The standard InChI is InChI=1S/C19H15N5/c1-3-7-15(8-4-1)18-20-13-14-24(18)17-11-12-21-19(23-17)22-16-9-5-2-6-10-16/h1-14H,(H,21,22,23). The third-order valence-corrected chi connectivity index (χ3v) is 3.59. The smallest absolute Gasteiger partial charge is 0.229 e. The summed E-state index contributed by atoms with van der Waals surface area (Å²) < 4.78 is 1.95. The Kier molecular flexibility index (Phi) is 3.73. The third-order valence-electron chi connectivity index (χ3n) is 3.59. The zero-order chi connectivity index (χ0) is 16.2. The molecule has 0 amide bonds. The number of rotatable bonds is 4. The van der Waals surface area contributed by atoms with Gasteiger partial charge in [0.2, 0.25) is 5.95 Å². The van der Waals surface area contributed by atoms with Crippen molar-refractivity contribution in [2.45, 2.75) is 0 Å². The van der Waals surface area contributed by atoms with Gasteiger partial charge in [-0.1, -0.05) is 48.5 Å². The summed E-state index contributed by atoms with van der Waals surface area (Å²) in [5, 5.41) is 3.21. The van der Waals surface area contributed by atoms with E-state index in [4.69, 9.17) is 0 Å². The van der Waals surface area contributed by atoms with E-state index in [1.54, 1.807) is 12.4 Å². The Morgan fingerprint density at radius 1 is 0.750 bits per heavy atom. The highest BCUT2D eigenvalue weighted by Crippen LogP contribution is 2.21. The lowest BCUT2D eigenvalue weighted by Crippen LogP contribution is -2.03. The maximum absolute atomic E-state index is 4.60. The first-order valence-electron chi connectivity index (χ1n) is 7.64. The molecule has 0 unspecified atom stereocenters. The van der Waals surface area contributed by atoms with Gasteiger partial charge in [-0.2, -0.15) is 4.98 Å². The molecule has 5 nitrogen and oxygen atoms in total. The molecule has 2 aromatic carbocycles. The van der Waals surface area contributed by atoms with Gasteiger partial charge in [-0.05, 0) is 18.2 Å². The van der Waals surface area contributed by atoms with Crippen molar-refractivity contribution >= 4 is 11.6 Å². The summed E-state index contributed by atoms with van der Waals surface area (Å²) in [6, 6.07) is 21.8. The summed E-state index contributed by atoms with van der Waals surface area (Å²) in [4.78, 5) is 13.3. The average molecular weight is 313 g/mol. The van der Waals surface area contributed by atoms with Gasteiger partial charge in [0.05, 0.1) is 0 Å². The van der Waals surface area contributed by atoms with Crippen LogP contribution < -0.4 is 5.32 Å². The summed E-state index contributed by atoms with van der Waals surface area (Å²) in [6.07, 6.45) is 5.41. The van der Waals surface area contributed by atoms with Crippen molar-refractivity contribution in [3.05, 3.63) is 85.3 Å². The number of para-hydroxylation sites is 1. The van der Waals surface area contributed by atoms with E-state index in [1.165, 1.54) is 0 Å². The SMILES string of the molecule is c1ccc(Nc2nccc(-n3ccnc3-c3ccccc3)n2)cc1. The van der Waals surface area contributed by atoms with Crippen LogP contribution in [0.4, 0.5) is 11.6 Å². The van der Waals surface area contributed by atoms with Crippen molar-refractivity contribution < 1.29 is 0 Å². The molecule has 5 heteroatoms. The van der Waals surface area contributed by atoms with Crippen LogP contribution in [0.1, 0.15) is 0 Å². The maximum atomic E-state index is 4.60. The lowest BCUT2D eigenvalue weighted by molar-refractivity contribution is 0.983. The van der Waals surface area contributed by atoms with Crippen molar-refractivity contribution in [1.82, 2.24) is 19.5 Å². The molecule has 1 N–H and O–H groups in total. The Bertz CT molecular complexity index is 932. The molecule has 0 atom stereocenters. The summed E-state index contributed by atoms with van der Waals surface area (Å²) in [5.74, 6) is 2.16. The van der Waals surface area contributed by atoms with Crippen LogP contribution in [0.15, 0.2) is 85.3 Å². The van der Waals surface area contributed by atoms with Gasteiger partial charge in [-0.25, -0.2) is 9.97 Å². The molecule has 0 fully saturated rings. The van der Waals surface area contributed by atoms with Crippen molar-refractivity contribution in [3.8, 4) is 17.2 Å². The van der Waals surface area contributed by atoms with Crippen LogP contribution in [-0.4, -0.2) is 19.5 Å². The fourth-order valence-electron chi connectivity index (χ4n) is 2.48. The second-order valence-electron chi connectivity index (χ2n) is 5.22. The molecule has 2 heterocycles. The minimum atomic E-state index is 0.548.